The van der Waals surface area contributed by atoms with E-state index in [9.17, 15) is 27.9 Å². The van der Waals surface area contributed by atoms with Gasteiger partial charge in [-0.2, -0.15) is 0 Å². The van der Waals surface area contributed by atoms with Gasteiger partial charge in [0.05, 0.1) is 27.6 Å². The van der Waals surface area contributed by atoms with Crippen molar-refractivity contribution in [2.24, 2.45) is 11.8 Å². The van der Waals surface area contributed by atoms with Crippen molar-refractivity contribution in [3.05, 3.63) is 68.8 Å². The van der Waals surface area contributed by atoms with Gasteiger partial charge in [0.1, 0.15) is 15.4 Å². The SMILES string of the molecule is CS(=O)(=O)CCN1C(=O)C2C(c3cc(Cl)cc(Cl)c3Cl)NC(Cc3c[nH]c4ccccc34)(C(=O)O)C2C1=O. The van der Waals surface area contributed by atoms with E-state index < -0.39 is 56.8 Å². The molecule has 2 aliphatic heterocycles. The average Bonchev–Trinajstić information content (AvgIpc) is 3.47. The maximum absolute atomic E-state index is 13.7. The molecule has 2 aliphatic rings. The molecule has 38 heavy (non-hydrogen) atoms. The largest absolute Gasteiger partial charge is 0.480 e. The van der Waals surface area contributed by atoms with E-state index in [1.54, 1.807) is 6.20 Å². The van der Waals surface area contributed by atoms with E-state index in [0.717, 1.165) is 22.1 Å². The van der Waals surface area contributed by atoms with Gasteiger partial charge in [-0.25, -0.2) is 8.42 Å². The Kier molecular flexibility index (Phi) is 6.76. The lowest BCUT2D eigenvalue weighted by Crippen LogP contribution is -2.57. The summed E-state index contributed by atoms with van der Waals surface area (Å²) in [5, 5.41) is 14.9. The van der Waals surface area contributed by atoms with Crippen LogP contribution in [0.25, 0.3) is 10.9 Å². The summed E-state index contributed by atoms with van der Waals surface area (Å²) in [6.45, 7) is -0.386. The highest BCUT2D eigenvalue weighted by Crippen LogP contribution is 2.52. The average molecular weight is 599 g/mol. The van der Waals surface area contributed by atoms with E-state index >= 15 is 0 Å². The van der Waals surface area contributed by atoms with Crippen LogP contribution in [0, 0.1) is 11.8 Å². The molecule has 2 fully saturated rings. The maximum Gasteiger partial charge on any atom is 0.325 e. The molecule has 4 atom stereocenters. The van der Waals surface area contributed by atoms with Crippen LogP contribution in [0.4, 0.5) is 0 Å². The fraction of sp³-hybridized carbons (Fsp3) is 0.320. The van der Waals surface area contributed by atoms with Crippen LogP contribution in [0.3, 0.4) is 0 Å². The molecule has 2 aromatic carbocycles. The Balaban J connectivity index is 1.67. The maximum atomic E-state index is 13.7. The number of aliphatic carboxylic acids is 1. The van der Waals surface area contributed by atoms with E-state index in [-0.39, 0.29) is 33.6 Å². The first-order chi connectivity index (χ1) is 17.8. The Labute approximate surface area is 233 Å². The molecule has 0 radical (unpaired) electrons. The third-order valence-electron chi connectivity index (χ3n) is 7.31. The number of imide groups is 1. The highest BCUT2D eigenvalue weighted by atomic mass is 35.5. The highest BCUT2D eigenvalue weighted by molar-refractivity contribution is 7.90. The van der Waals surface area contributed by atoms with Crippen LogP contribution in [0.1, 0.15) is 17.2 Å². The number of fused-ring (bicyclic) bond motifs is 2. The minimum atomic E-state index is -3.51. The number of carboxylic acid groups (broad SMARTS) is 1. The molecule has 2 saturated heterocycles. The second kappa shape index (κ2) is 9.53. The summed E-state index contributed by atoms with van der Waals surface area (Å²) in [5.74, 6) is -5.76. The topological polar surface area (TPSA) is 137 Å². The number of carboxylic acids is 1. The summed E-state index contributed by atoms with van der Waals surface area (Å²) >= 11 is 19.0. The lowest BCUT2D eigenvalue weighted by molar-refractivity contribution is -0.151. The number of sulfone groups is 1. The summed E-state index contributed by atoms with van der Waals surface area (Å²) in [4.78, 5) is 44.4. The number of hydrogen-bond acceptors (Lipinski definition) is 6. The quantitative estimate of drug-likeness (QED) is 0.280. The zero-order valence-corrected chi connectivity index (χ0v) is 23.0. The second-order valence-electron chi connectivity index (χ2n) is 9.69. The predicted octanol–water partition coefficient (Wildman–Crippen LogP) is 3.48. The third kappa shape index (κ3) is 4.38. The molecule has 3 N–H and O–H groups in total. The summed E-state index contributed by atoms with van der Waals surface area (Å²) in [5.41, 5.74) is -0.250. The Bertz CT molecular complexity index is 1610. The van der Waals surface area contributed by atoms with Crippen molar-refractivity contribution in [1.29, 1.82) is 0 Å². The van der Waals surface area contributed by atoms with Crippen LogP contribution in [-0.4, -0.2) is 65.3 Å². The molecular weight excluding hydrogens is 577 g/mol. The number of nitrogens with zero attached hydrogens (tertiary/aromatic N) is 1. The van der Waals surface area contributed by atoms with Gasteiger partial charge in [-0.1, -0.05) is 53.0 Å². The summed E-state index contributed by atoms with van der Waals surface area (Å²) in [6.07, 6.45) is 2.52. The number of rotatable bonds is 7. The monoisotopic (exact) mass is 597 g/mol. The Morgan fingerprint density at radius 3 is 2.53 bits per heavy atom. The van der Waals surface area contributed by atoms with Crippen molar-refractivity contribution < 1.29 is 27.9 Å². The first kappa shape index (κ1) is 27.0. The minimum absolute atomic E-state index is 0.0652. The van der Waals surface area contributed by atoms with Gasteiger partial charge in [0, 0.05) is 47.4 Å². The number of carbonyl (C=O) groups excluding carboxylic acids is 2. The first-order valence-corrected chi connectivity index (χ1v) is 14.8. The van der Waals surface area contributed by atoms with Crippen molar-refractivity contribution in [2.75, 3.05) is 18.6 Å². The predicted molar refractivity (Wildman–Crippen MR) is 143 cm³/mol. The van der Waals surface area contributed by atoms with Crippen LogP contribution in [-0.2, 0) is 30.6 Å². The van der Waals surface area contributed by atoms with Crippen LogP contribution in [0.5, 0.6) is 0 Å². The van der Waals surface area contributed by atoms with Crippen LogP contribution in [0.15, 0.2) is 42.6 Å². The van der Waals surface area contributed by atoms with Crippen molar-refractivity contribution in [3.63, 3.8) is 0 Å². The van der Waals surface area contributed by atoms with Crippen LogP contribution in [0.2, 0.25) is 15.1 Å². The fourth-order valence-electron chi connectivity index (χ4n) is 5.62. The molecule has 4 unspecified atom stereocenters. The summed E-state index contributed by atoms with van der Waals surface area (Å²) in [7, 11) is -3.51. The van der Waals surface area contributed by atoms with Crippen molar-refractivity contribution >= 4 is 73.3 Å². The lowest BCUT2D eigenvalue weighted by atomic mass is 9.76. The summed E-state index contributed by atoms with van der Waals surface area (Å²) < 4.78 is 23.6. The van der Waals surface area contributed by atoms with E-state index in [2.05, 4.69) is 10.3 Å². The number of carbonyl (C=O) groups is 3. The number of aromatic nitrogens is 1. The van der Waals surface area contributed by atoms with E-state index in [1.165, 1.54) is 12.1 Å². The molecule has 5 rings (SSSR count). The van der Waals surface area contributed by atoms with E-state index in [4.69, 9.17) is 34.8 Å². The molecule has 200 valence electrons. The number of H-pyrrole nitrogens is 1. The fourth-order valence-corrected chi connectivity index (χ4v) is 6.87. The van der Waals surface area contributed by atoms with Gasteiger partial charge >= 0.3 is 5.97 Å². The number of hydrogen-bond donors (Lipinski definition) is 3. The Hall–Kier alpha value is -2.63. The number of nitrogens with one attached hydrogen (secondary N) is 2. The van der Waals surface area contributed by atoms with Gasteiger partial charge in [0.2, 0.25) is 11.8 Å². The van der Waals surface area contributed by atoms with Crippen LogP contribution >= 0.6 is 34.8 Å². The molecule has 3 aromatic rings. The number of amides is 2. The normalized spacial score (nSPS) is 25.4. The number of likely N-dealkylation sites (tertiary alicyclic amines) is 1. The van der Waals surface area contributed by atoms with Gasteiger partial charge in [0.15, 0.2) is 0 Å². The van der Waals surface area contributed by atoms with Gasteiger partial charge in [-0.05, 0) is 29.3 Å². The lowest BCUT2D eigenvalue weighted by Gasteiger charge is -2.31. The molecule has 0 bridgehead atoms. The van der Waals surface area contributed by atoms with Crippen molar-refractivity contribution in [1.82, 2.24) is 15.2 Å². The Morgan fingerprint density at radius 2 is 1.84 bits per heavy atom. The third-order valence-corrected chi connectivity index (χ3v) is 9.27. The molecule has 0 aliphatic carbocycles. The van der Waals surface area contributed by atoms with Gasteiger partial charge in [-0.15, -0.1) is 0 Å². The zero-order valence-electron chi connectivity index (χ0n) is 19.9. The molecule has 3 heterocycles. The first-order valence-electron chi connectivity index (χ1n) is 11.6. The highest BCUT2D eigenvalue weighted by Gasteiger charge is 2.68. The molecule has 0 saturated carbocycles. The van der Waals surface area contributed by atoms with Gasteiger partial charge < -0.3 is 10.1 Å². The molecule has 13 heteroatoms. The Morgan fingerprint density at radius 1 is 1.13 bits per heavy atom. The van der Waals surface area contributed by atoms with E-state index in [1.807, 2.05) is 24.3 Å². The molecule has 9 nitrogen and oxygen atoms in total. The molecule has 0 spiro atoms. The molecular formula is C25H22Cl3N3O6S. The standard InChI is InChI=1S/C25H22Cl3N3O6S/c1-38(36,37)7-6-31-22(32)18-19(23(31)33)25(24(34)35,10-12-11-29-17-5-3-2-4-14(12)17)30-21(18)15-8-13(26)9-16(27)20(15)28/h2-5,8-9,11,18-19,21,29-30H,6-7,10H2,1H3,(H,34,35). The molecule has 1 aromatic heterocycles. The van der Waals surface area contributed by atoms with Crippen molar-refractivity contribution in [2.45, 2.75) is 18.0 Å². The second-order valence-corrected chi connectivity index (χ2v) is 13.2. The number of para-hydroxylation sites is 1. The number of aromatic amines is 1. The van der Waals surface area contributed by atoms with Gasteiger partial charge in [0.25, 0.3) is 0 Å². The smallest absolute Gasteiger partial charge is 0.325 e. The summed E-state index contributed by atoms with van der Waals surface area (Å²) in [6, 6.07) is 9.16. The number of benzene rings is 2. The van der Waals surface area contributed by atoms with Crippen LogP contribution < -0.4 is 5.32 Å². The molecule has 2 amide bonds. The van der Waals surface area contributed by atoms with E-state index in [0.29, 0.717) is 5.56 Å². The number of halogens is 3. The minimum Gasteiger partial charge on any atom is -0.480 e. The zero-order chi connectivity index (χ0) is 27.6. The van der Waals surface area contributed by atoms with Crippen molar-refractivity contribution in [3.8, 4) is 0 Å². The van der Waals surface area contributed by atoms with Gasteiger partial charge in [-0.3, -0.25) is 24.6 Å².